The summed E-state index contributed by atoms with van der Waals surface area (Å²) < 4.78 is 5.89. The van der Waals surface area contributed by atoms with Crippen LogP contribution in [-0.2, 0) is 6.54 Å². The van der Waals surface area contributed by atoms with Gasteiger partial charge in [-0.3, -0.25) is 9.89 Å². The van der Waals surface area contributed by atoms with Gasteiger partial charge >= 0.3 is 0 Å². The average Bonchev–Trinajstić information content (AvgIpc) is 3.39. The van der Waals surface area contributed by atoms with Gasteiger partial charge in [0.25, 0.3) is 5.91 Å². The Morgan fingerprint density at radius 3 is 2.59 bits per heavy atom. The predicted octanol–water partition coefficient (Wildman–Crippen LogP) is 6.92. The van der Waals surface area contributed by atoms with Crippen LogP contribution in [0.25, 0.3) is 11.3 Å². The van der Waals surface area contributed by atoms with E-state index in [2.05, 4.69) is 17.1 Å². The summed E-state index contributed by atoms with van der Waals surface area (Å²) in [5, 5.41) is 8.78. The van der Waals surface area contributed by atoms with Crippen molar-refractivity contribution in [2.24, 2.45) is 0 Å². The summed E-state index contributed by atoms with van der Waals surface area (Å²) >= 11 is 12.6. The van der Waals surface area contributed by atoms with Gasteiger partial charge in [-0.25, -0.2) is 0 Å². The zero-order valence-electron chi connectivity index (χ0n) is 18.6. The highest BCUT2D eigenvalue weighted by molar-refractivity contribution is 6.31. The van der Waals surface area contributed by atoms with E-state index >= 15 is 0 Å². The number of carbonyl (C=O) groups excluding carboxylic acids is 1. The van der Waals surface area contributed by atoms with Gasteiger partial charge in [-0.05, 0) is 47.9 Å². The lowest BCUT2D eigenvalue weighted by atomic mass is 9.95. The first-order valence-electron chi connectivity index (χ1n) is 11.2. The van der Waals surface area contributed by atoms with Crippen LogP contribution in [0.3, 0.4) is 0 Å². The predicted molar refractivity (Wildman–Crippen MR) is 134 cm³/mol. The molecule has 0 spiro atoms. The highest BCUT2D eigenvalue weighted by Crippen LogP contribution is 2.44. The number of nitrogens with one attached hydrogen (secondary N) is 1. The van der Waals surface area contributed by atoms with Crippen molar-refractivity contribution in [3.8, 4) is 17.0 Å². The number of nitrogens with zero attached hydrogens (tertiary/aromatic N) is 2. The normalized spacial score (nSPS) is 15.0. The van der Waals surface area contributed by atoms with Crippen LogP contribution in [0.15, 0.2) is 72.8 Å². The van der Waals surface area contributed by atoms with E-state index in [1.54, 1.807) is 0 Å². The summed E-state index contributed by atoms with van der Waals surface area (Å²) in [5.74, 6) is 0.655. The van der Waals surface area contributed by atoms with Crippen molar-refractivity contribution < 1.29 is 9.53 Å². The quantitative estimate of drug-likeness (QED) is 0.305. The molecule has 0 saturated heterocycles. The number of amides is 1. The average molecular weight is 492 g/mol. The van der Waals surface area contributed by atoms with Gasteiger partial charge in [0.05, 0.1) is 18.3 Å². The summed E-state index contributed by atoms with van der Waals surface area (Å²) in [6.07, 6.45) is 0.914. The molecular formula is C27H23Cl2N3O2. The molecule has 7 heteroatoms. The van der Waals surface area contributed by atoms with Crippen LogP contribution in [0.4, 0.5) is 0 Å². The molecule has 1 amide bonds. The topological polar surface area (TPSA) is 58.2 Å². The Hall–Kier alpha value is -3.28. The lowest BCUT2D eigenvalue weighted by Crippen LogP contribution is -2.29. The first-order chi connectivity index (χ1) is 16.6. The largest absolute Gasteiger partial charge is 0.494 e. The third kappa shape index (κ3) is 4.17. The van der Waals surface area contributed by atoms with Crippen LogP contribution in [0, 0.1) is 0 Å². The molecule has 0 saturated carbocycles. The zero-order valence-corrected chi connectivity index (χ0v) is 20.1. The number of hydrogen-bond acceptors (Lipinski definition) is 3. The van der Waals surface area contributed by atoms with Crippen molar-refractivity contribution >= 4 is 29.1 Å². The number of aromatic nitrogens is 2. The number of rotatable bonds is 7. The maximum Gasteiger partial charge on any atom is 0.273 e. The fourth-order valence-corrected chi connectivity index (χ4v) is 4.66. The Balaban J connectivity index is 1.63. The Morgan fingerprint density at radius 2 is 1.82 bits per heavy atom. The molecule has 1 aliphatic heterocycles. The second kappa shape index (κ2) is 9.53. The summed E-state index contributed by atoms with van der Waals surface area (Å²) in [6, 6.07) is 22.6. The second-order valence-electron chi connectivity index (χ2n) is 8.22. The number of hydrogen-bond donors (Lipinski definition) is 1. The molecule has 2 heterocycles. The van der Waals surface area contributed by atoms with E-state index in [4.69, 9.17) is 27.9 Å². The van der Waals surface area contributed by atoms with Crippen molar-refractivity contribution in [1.29, 1.82) is 0 Å². The zero-order chi connectivity index (χ0) is 23.7. The van der Waals surface area contributed by atoms with Crippen molar-refractivity contribution in [2.75, 3.05) is 6.61 Å². The third-order valence-electron chi connectivity index (χ3n) is 5.93. The first kappa shape index (κ1) is 22.5. The van der Waals surface area contributed by atoms with Crippen LogP contribution in [0.2, 0.25) is 10.0 Å². The Morgan fingerprint density at radius 1 is 1.03 bits per heavy atom. The Kier molecular flexibility index (Phi) is 6.31. The van der Waals surface area contributed by atoms with Crippen molar-refractivity contribution in [2.45, 2.75) is 25.9 Å². The number of ether oxygens (including phenoxy) is 1. The van der Waals surface area contributed by atoms with Crippen molar-refractivity contribution in [1.82, 2.24) is 15.1 Å². The maximum atomic E-state index is 13.6. The van der Waals surface area contributed by atoms with Gasteiger partial charge in [-0.1, -0.05) is 72.6 Å². The van der Waals surface area contributed by atoms with Gasteiger partial charge in [0.1, 0.15) is 11.4 Å². The van der Waals surface area contributed by atoms with Crippen LogP contribution in [0.5, 0.6) is 5.75 Å². The molecule has 0 bridgehead atoms. The van der Waals surface area contributed by atoms with E-state index in [0.717, 1.165) is 40.1 Å². The fraction of sp³-hybridized carbons (Fsp3) is 0.185. The van der Waals surface area contributed by atoms with Gasteiger partial charge in [-0.15, -0.1) is 0 Å². The monoisotopic (exact) mass is 491 g/mol. The molecule has 5 rings (SSSR count). The molecule has 4 aromatic rings. The van der Waals surface area contributed by atoms with Crippen molar-refractivity contribution in [3.63, 3.8) is 0 Å². The third-order valence-corrected chi connectivity index (χ3v) is 6.55. The molecule has 1 N–H and O–H groups in total. The van der Waals surface area contributed by atoms with Gasteiger partial charge in [0.2, 0.25) is 0 Å². The summed E-state index contributed by atoms with van der Waals surface area (Å²) in [5.41, 5.74) is 4.77. The van der Waals surface area contributed by atoms with Crippen LogP contribution in [0.1, 0.15) is 46.6 Å². The smallest absolute Gasteiger partial charge is 0.273 e. The lowest BCUT2D eigenvalue weighted by Gasteiger charge is -2.27. The molecule has 172 valence electrons. The molecule has 1 aliphatic rings. The number of fused-ring (bicyclic) bond motifs is 1. The minimum atomic E-state index is -0.353. The summed E-state index contributed by atoms with van der Waals surface area (Å²) in [7, 11) is 0. The van der Waals surface area contributed by atoms with E-state index in [1.807, 2.05) is 77.7 Å². The van der Waals surface area contributed by atoms with Gasteiger partial charge in [0, 0.05) is 27.7 Å². The van der Waals surface area contributed by atoms with E-state index in [0.29, 0.717) is 28.9 Å². The molecule has 0 aliphatic carbocycles. The summed E-state index contributed by atoms with van der Waals surface area (Å²) in [6.45, 7) is 3.07. The molecule has 34 heavy (non-hydrogen) atoms. The number of benzene rings is 3. The minimum absolute atomic E-state index is 0.118. The van der Waals surface area contributed by atoms with Gasteiger partial charge < -0.3 is 9.64 Å². The molecule has 1 aromatic heterocycles. The Labute approximate surface area is 208 Å². The van der Waals surface area contributed by atoms with E-state index in [1.165, 1.54) is 0 Å². The Bertz CT molecular complexity index is 1330. The number of aromatic amines is 1. The van der Waals surface area contributed by atoms with Crippen LogP contribution < -0.4 is 4.74 Å². The number of halogens is 2. The van der Waals surface area contributed by atoms with E-state index in [-0.39, 0.29) is 11.9 Å². The lowest BCUT2D eigenvalue weighted by molar-refractivity contribution is 0.0730. The van der Waals surface area contributed by atoms with Crippen LogP contribution >= 0.6 is 23.2 Å². The summed E-state index contributed by atoms with van der Waals surface area (Å²) in [4.78, 5) is 15.4. The van der Waals surface area contributed by atoms with E-state index in [9.17, 15) is 4.79 Å². The van der Waals surface area contributed by atoms with Gasteiger partial charge in [0.15, 0.2) is 0 Å². The van der Waals surface area contributed by atoms with Crippen molar-refractivity contribution in [3.05, 3.63) is 105 Å². The first-order valence-corrected chi connectivity index (χ1v) is 11.9. The highest BCUT2D eigenvalue weighted by Gasteiger charge is 2.42. The van der Waals surface area contributed by atoms with Gasteiger partial charge in [-0.2, -0.15) is 5.10 Å². The molecule has 3 aromatic carbocycles. The molecule has 1 unspecified atom stereocenters. The number of H-pyrrole nitrogens is 1. The minimum Gasteiger partial charge on any atom is -0.494 e. The fourth-order valence-electron chi connectivity index (χ4n) is 4.34. The number of carbonyl (C=O) groups is 1. The standard InChI is InChI=1S/C27H23Cl2N3O2/c1-2-14-34-21-8-5-7-18(15-21)26-23-24(17-10-12-20(28)13-11-17)30-31-25(23)27(33)32(26)16-19-6-3-4-9-22(19)29/h3-13,15,26H,2,14,16H2,1H3,(H,30,31). The van der Waals surface area contributed by atoms with Crippen LogP contribution in [-0.4, -0.2) is 27.6 Å². The second-order valence-corrected chi connectivity index (χ2v) is 9.06. The molecule has 1 atom stereocenters. The molecule has 0 fully saturated rings. The SMILES string of the molecule is CCCOc1cccc(C2c3c(-c4ccc(Cl)cc4)n[nH]c3C(=O)N2Cc2ccccc2Cl)c1. The molecule has 0 radical (unpaired) electrons. The molecular weight excluding hydrogens is 469 g/mol. The highest BCUT2D eigenvalue weighted by atomic mass is 35.5. The molecule has 5 nitrogen and oxygen atoms in total. The maximum absolute atomic E-state index is 13.6. The van der Waals surface area contributed by atoms with E-state index < -0.39 is 0 Å².